The molecule has 0 atom stereocenters. The fourth-order valence-electron chi connectivity index (χ4n) is 3.31. The van der Waals surface area contributed by atoms with E-state index in [1.54, 1.807) is 17.6 Å². The van der Waals surface area contributed by atoms with E-state index in [9.17, 15) is 0 Å². The molecule has 0 unspecified atom stereocenters. The number of likely N-dealkylation sites (tertiary alicyclic amines) is 1. The van der Waals surface area contributed by atoms with E-state index in [2.05, 4.69) is 46.3 Å². The fourth-order valence-corrected chi connectivity index (χ4v) is 3.96. The van der Waals surface area contributed by atoms with Crippen molar-refractivity contribution in [1.82, 2.24) is 20.5 Å². The number of aromatic nitrogens is 1. The number of nitrogens with one attached hydrogen (secondary N) is 2. The summed E-state index contributed by atoms with van der Waals surface area (Å²) in [7, 11) is 0. The van der Waals surface area contributed by atoms with Crippen LogP contribution in [0.2, 0.25) is 0 Å². The molecule has 1 aliphatic heterocycles. The molecular weight excluding hydrogens is 358 g/mol. The number of nitrogens with zero attached hydrogens (tertiary/aromatic N) is 3. The topological polar surface area (TPSA) is 65.7 Å². The van der Waals surface area contributed by atoms with E-state index in [0.29, 0.717) is 12.4 Å². The summed E-state index contributed by atoms with van der Waals surface area (Å²) < 4.78 is 5.58. The monoisotopic (exact) mass is 389 g/mol. The highest BCUT2D eigenvalue weighted by atomic mass is 32.1. The van der Waals surface area contributed by atoms with Crippen LogP contribution in [0.25, 0.3) is 10.8 Å². The van der Waals surface area contributed by atoms with Crippen LogP contribution in [-0.2, 0) is 6.54 Å². The third-order valence-corrected chi connectivity index (χ3v) is 5.79. The highest BCUT2D eigenvalue weighted by Crippen LogP contribution is 2.24. The molecule has 2 N–H and O–H groups in total. The molecule has 0 aliphatic carbocycles. The van der Waals surface area contributed by atoms with Gasteiger partial charge in [-0.1, -0.05) is 12.5 Å². The van der Waals surface area contributed by atoms with E-state index in [1.165, 1.54) is 32.4 Å². The first-order chi connectivity index (χ1) is 13.1. The van der Waals surface area contributed by atoms with E-state index in [4.69, 9.17) is 4.42 Å². The van der Waals surface area contributed by atoms with E-state index < -0.39 is 0 Å². The Balaban J connectivity index is 1.57. The maximum atomic E-state index is 5.58. The third kappa shape index (κ3) is 5.56. The third-order valence-electron chi connectivity index (χ3n) is 4.93. The Morgan fingerprint density at radius 1 is 1.30 bits per heavy atom. The molecule has 3 heterocycles. The Bertz CT molecular complexity index is 717. The molecule has 6 nitrogen and oxygen atoms in total. The summed E-state index contributed by atoms with van der Waals surface area (Å²) in [5.41, 5.74) is 0.947. The lowest BCUT2D eigenvalue weighted by atomic mass is 9.98. The van der Waals surface area contributed by atoms with Gasteiger partial charge in [0.25, 0.3) is 0 Å². The molecular formula is C20H31N5OS. The molecule has 0 aromatic carbocycles. The van der Waals surface area contributed by atoms with Gasteiger partial charge >= 0.3 is 0 Å². The maximum absolute atomic E-state index is 5.58. The van der Waals surface area contributed by atoms with E-state index in [0.717, 1.165) is 29.6 Å². The minimum Gasteiger partial charge on any atom is -0.443 e. The number of guanidine groups is 1. The first-order valence-corrected chi connectivity index (χ1v) is 10.7. The lowest BCUT2D eigenvalue weighted by Gasteiger charge is -2.41. The van der Waals surface area contributed by atoms with Gasteiger partial charge in [-0.05, 0) is 58.1 Å². The molecule has 148 valence electrons. The molecule has 2 aromatic rings. The second-order valence-corrected chi connectivity index (χ2v) is 8.48. The van der Waals surface area contributed by atoms with Gasteiger partial charge in [-0.3, -0.25) is 4.90 Å². The van der Waals surface area contributed by atoms with Crippen LogP contribution in [0.1, 0.15) is 45.7 Å². The average Bonchev–Trinajstić information content (AvgIpc) is 3.36. The number of hydrogen-bond acceptors (Lipinski definition) is 5. The molecule has 0 radical (unpaired) electrons. The van der Waals surface area contributed by atoms with Crippen LogP contribution in [0.5, 0.6) is 0 Å². The Kier molecular flexibility index (Phi) is 6.90. The quantitative estimate of drug-likeness (QED) is 0.558. The van der Waals surface area contributed by atoms with Gasteiger partial charge in [-0.2, -0.15) is 0 Å². The number of rotatable bonds is 7. The van der Waals surface area contributed by atoms with Gasteiger partial charge in [0.1, 0.15) is 12.0 Å². The Labute approximate surface area is 166 Å². The normalized spacial score (nSPS) is 16.5. The summed E-state index contributed by atoms with van der Waals surface area (Å²) in [6, 6.07) is 4.01. The van der Waals surface area contributed by atoms with Crippen molar-refractivity contribution in [3.8, 4) is 10.8 Å². The standard InChI is InChI=1S/C20H31N5OS/c1-4-21-19(23-15-20(2,3)25-10-6-5-7-11-25)22-13-16-14-26-18(24-16)17-9-8-12-27-17/h8-9,12,14H,4-7,10-11,13,15H2,1-3H3,(H2,21,22,23). The van der Waals surface area contributed by atoms with Crippen LogP contribution >= 0.6 is 11.3 Å². The highest BCUT2D eigenvalue weighted by Gasteiger charge is 2.27. The summed E-state index contributed by atoms with van der Waals surface area (Å²) in [4.78, 5) is 12.8. The lowest BCUT2D eigenvalue weighted by molar-refractivity contribution is 0.0982. The molecule has 2 aromatic heterocycles. The van der Waals surface area contributed by atoms with Crippen molar-refractivity contribution < 1.29 is 4.42 Å². The van der Waals surface area contributed by atoms with Crippen molar-refractivity contribution in [2.24, 2.45) is 4.99 Å². The summed E-state index contributed by atoms with van der Waals surface area (Å²) in [5, 5.41) is 8.85. The van der Waals surface area contributed by atoms with Crippen LogP contribution in [0, 0.1) is 0 Å². The summed E-state index contributed by atoms with van der Waals surface area (Å²) in [5.74, 6) is 1.49. The first-order valence-electron chi connectivity index (χ1n) is 9.84. The number of piperidine rings is 1. The molecule has 27 heavy (non-hydrogen) atoms. The van der Waals surface area contributed by atoms with Gasteiger partial charge in [0.05, 0.1) is 11.4 Å². The van der Waals surface area contributed by atoms with Gasteiger partial charge in [-0.25, -0.2) is 9.98 Å². The van der Waals surface area contributed by atoms with E-state index in [-0.39, 0.29) is 5.54 Å². The minimum atomic E-state index is 0.108. The first kappa shape index (κ1) is 19.9. The molecule has 3 rings (SSSR count). The molecule has 1 aliphatic rings. The van der Waals surface area contributed by atoms with Gasteiger partial charge in [0, 0.05) is 18.6 Å². The van der Waals surface area contributed by atoms with Crippen LogP contribution in [-0.4, -0.2) is 47.6 Å². The van der Waals surface area contributed by atoms with Crippen LogP contribution in [0.3, 0.4) is 0 Å². The molecule has 1 saturated heterocycles. The predicted octanol–water partition coefficient (Wildman–Crippen LogP) is 3.72. The zero-order valence-corrected chi connectivity index (χ0v) is 17.4. The van der Waals surface area contributed by atoms with Crippen molar-refractivity contribution in [1.29, 1.82) is 0 Å². The zero-order chi connectivity index (χ0) is 19.1. The largest absolute Gasteiger partial charge is 0.443 e. The van der Waals surface area contributed by atoms with Crippen molar-refractivity contribution in [2.75, 3.05) is 26.2 Å². The van der Waals surface area contributed by atoms with Gasteiger partial charge < -0.3 is 15.1 Å². The van der Waals surface area contributed by atoms with E-state index in [1.807, 2.05) is 17.5 Å². The SMILES string of the molecule is CCNC(=NCc1coc(-c2cccs2)n1)NCC(C)(C)N1CCCCC1. The Hall–Kier alpha value is -1.86. The zero-order valence-electron chi connectivity index (χ0n) is 16.6. The molecule has 0 bridgehead atoms. The fraction of sp³-hybridized carbons (Fsp3) is 0.600. The van der Waals surface area contributed by atoms with Gasteiger partial charge in [0.2, 0.25) is 5.89 Å². The predicted molar refractivity (Wildman–Crippen MR) is 112 cm³/mol. The number of oxazole rings is 1. The lowest BCUT2D eigenvalue weighted by Crippen LogP contribution is -2.54. The highest BCUT2D eigenvalue weighted by molar-refractivity contribution is 7.13. The van der Waals surface area contributed by atoms with Crippen molar-refractivity contribution in [3.05, 3.63) is 29.5 Å². The number of hydrogen-bond donors (Lipinski definition) is 2. The number of aliphatic imine (C=N–C) groups is 1. The van der Waals surface area contributed by atoms with Crippen molar-refractivity contribution >= 4 is 17.3 Å². The molecule has 1 fully saturated rings. The van der Waals surface area contributed by atoms with Crippen molar-refractivity contribution in [3.63, 3.8) is 0 Å². The molecule has 0 spiro atoms. The summed E-state index contributed by atoms with van der Waals surface area (Å²) in [6.45, 7) is 11.2. The maximum Gasteiger partial charge on any atom is 0.236 e. The Morgan fingerprint density at radius 3 is 2.81 bits per heavy atom. The second-order valence-electron chi connectivity index (χ2n) is 7.53. The smallest absolute Gasteiger partial charge is 0.236 e. The molecule has 7 heteroatoms. The van der Waals surface area contributed by atoms with Crippen LogP contribution in [0.15, 0.2) is 33.2 Å². The summed E-state index contributed by atoms with van der Waals surface area (Å²) >= 11 is 1.62. The van der Waals surface area contributed by atoms with Gasteiger partial charge in [0.15, 0.2) is 5.96 Å². The summed E-state index contributed by atoms with van der Waals surface area (Å²) in [6.07, 6.45) is 5.65. The van der Waals surface area contributed by atoms with Crippen molar-refractivity contribution in [2.45, 2.75) is 52.1 Å². The molecule has 0 amide bonds. The second kappa shape index (κ2) is 9.37. The molecule has 0 saturated carbocycles. The van der Waals surface area contributed by atoms with E-state index >= 15 is 0 Å². The van der Waals surface area contributed by atoms with Crippen LogP contribution in [0.4, 0.5) is 0 Å². The van der Waals surface area contributed by atoms with Crippen LogP contribution < -0.4 is 10.6 Å². The number of thiophene rings is 1. The minimum absolute atomic E-state index is 0.108. The Morgan fingerprint density at radius 2 is 2.11 bits per heavy atom. The average molecular weight is 390 g/mol. The van der Waals surface area contributed by atoms with Gasteiger partial charge in [-0.15, -0.1) is 11.3 Å².